The van der Waals surface area contributed by atoms with Gasteiger partial charge in [-0.2, -0.15) is 0 Å². The first-order valence-electron chi connectivity index (χ1n) is 8.57. The Labute approximate surface area is 148 Å². The Morgan fingerprint density at radius 1 is 1.00 bits per heavy atom. The molecule has 5 nitrogen and oxygen atoms in total. The van der Waals surface area contributed by atoms with E-state index in [0.29, 0.717) is 23.7 Å². The Hall–Kier alpha value is -1.59. The lowest BCUT2D eigenvalue weighted by atomic mass is 9.95. The summed E-state index contributed by atoms with van der Waals surface area (Å²) < 4.78 is 0. The number of rotatable bonds is 2. The molecule has 2 heterocycles. The molecule has 1 atom stereocenters. The van der Waals surface area contributed by atoms with Crippen LogP contribution in [0.2, 0.25) is 5.02 Å². The van der Waals surface area contributed by atoms with Gasteiger partial charge in [0.05, 0.1) is 5.92 Å². The summed E-state index contributed by atoms with van der Waals surface area (Å²) in [5.41, 5.74) is 0.632. The second-order valence-corrected chi connectivity index (χ2v) is 7.16. The molecule has 0 radical (unpaired) electrons. The topological polar surface area (TPSA) is 43.9 Å². The van der Waals surface area contributed by atoms with Crippen LogP contribution in [-0.2, 0) is 4.79 Å². The van der Waals surface area contributed by atoms with E-state index in [1.165, 1.54) is 0 Å². The van der Waals surface area contributed by atoms with Gasteiger partial charge in [-0.25, -0.2) is 0 Å². The van der Waals surface area contributed by atoms with Gasteiger partial charge < -0.3 is 14.7 Å². The number of nitrogens with zero attached hydrogens (tertiary/aromatic N) is 3. The van der Waals surface area contributed by atoms with Crippen molar-refractivity contribution in [1.82, 2.24) is 14.7 Å². The number of halogens is 1. The smallest absolute Gasteiger partial charge is 0.253 e. The molecular weight excluding hydrogens is 326 g/mol. The van der Waals surface area contributed by atoms with E-state index < -0.39 is 0 Å². The van der Waals surface area contributed by atoms with Gasteiger partial charge in [-0.15, -0.1) is 0 Å². The van der Waals surface area contributed by atoms with Crippen molar-refractivity contribution in [1.29, 1.82) is 0 Å². The highest BCUT2D eigenvalue weighted by molar-refractivity contribution is 6.30. The number of carbonyl (C=O) groups excluding carboxylic acids is 2. The van der Waals surface area contributed by atoms with Gasteiger partial charge in [0.1, 0.15) is 0 Å². The van der Waals surface area contributed by atoms with E-state index >= 15 is 0 Å². The number of hydrogen-bond acceptors (Lipinski definition) is 3. The minimum absolute atomic E-state index is 0.0115. The van der Waals surface area contributed by atoms with E-state index in [2.05, 4.69) is 11.9 Å². The summed E-state index contributed by atoms with van der Waals surface area (Å²) in [6.45, 7) is 4.66. The number of likely N-dealkylation sites (N-methyl/N-ethyl adjacent to an activating group) is 1. The van der Waals surface area contributed by atoms with Crippen LogP contribution in [-0.4, -0.2) is 72.8 Å². The van der Waals surface area contributed by atoms with Crippen molar-refractivity contribution in [2.45, 2.75) is 12.8 Å². The van der Waals surface area contributed by atoms with Crippen molar-refractivity contribution in [2.24, 2.45) is 5.92 Å². The van der Waals surface area contributed by atoms with Gasteiger partial charge in [0.15, 0.2) is 0 Å². The molecule has 0 aliphatic carbocycles. The average molecular weight is 350 g/mol. The zero-order valence-corrected chi connectivity index (χ0v) is 14.8. The van der Waals surface area contributed by atoms with Crippen LogP contribution in [0.3, 0.4) is 0 Å². The molecule has 2 fully saturated rings. The number of benzene rings is 1. The van der Waals surface area contributed by atoms with Crippen molar-refractivity contribution in [2.75, 3.05) is 46.3 Å². The molecule has 0 saturated carbocycles. The van der Waals surface area contributed by atoms with Gasteiger partial charge in [-0.05, 0) is 44.2 Å². The highest BCUT2D eigenvalue weighted by Crippen LogP contribution is 2.22. The highest BCUT2D eigenvalue weighted by atomic mass is 35.5. The molecule has 0 N–H and O–H groups in total. The summed E-state index contributed by atoms with van der Waals surface area (Å²) in [6, 6.07) is 6.95. The lowest BCUT2D eigenvalue weighted by Crippen LogP contribution is -2.52. The van der Waals surface area contributed by atoms with Crippen LogP contribution >= 0.6 is 11.6 Å². The van der Waals surface area contributed by atoms with E-state index in [1.54, 1.807) is 24.3 Å². The van der Waals surface area contributed by atoms with Crippen LogP contribution in [0.4, 0.5) is 0 Å². The van der Waals surface area contributed by atoms with E-state index in [9.17, 15) is 9.59 Å². The Morgan fingerprint density at radius 2 is 1.67 bits per heavy atom. The number of piperazine rings is 1. The molecular formula is C18H24ClN3O2. The standard InChI is InChI=1S/C18H24ClN3O2/c1-20-9-11-21(12-10-20)18(24)15-3-2-8-22(13-15)17(23)14-4-6-16(19)7-5-14/h4-7,15H,2-3,8-13H2,1H3. The second kappa shape index (κ2) is 7.53. The highest BCUT2D eigenvalue weighted by Gasteiger charge is 2.32. The van der Waals surface area contributed by atoms with E-state index in [4.69, 9.17) is 11.6 Å². The third-order valence-electron chi connectivity index (χ3n) is 4.96. The summed E-state index contributed by atoms with van der Waals surface area (Å²) in [7, 11) is 2.08. The van der Waals surface area contributed by atoms with Gasteiger partial charge >= 0.3 is 0 Å². The lowest BCUT2D eigenvalue weighted by Gasteiger charge is -2.38. The molecule has 130 valence electrons. The van der Waals surface area contributed by atoms with Gasteiger partial charge in [0.25, 0.3) is 5.91 Å². The van der Waals surface area contributed by atoms with Gasteiger partial charge in [0.2, 0.25) is 5.91 Å². The fourth-order valence-electron chi connectivity index (χ4n) is 3.42. The maximum Gasteiger partial charge on any atom is 0.253 e. The largest absolute Gasteiger partial charge is 0.340 e. The minimum Gasteiger partial charge on any atom is -0.340 e. The maximum atomic E-state index is 12.8. The average Bonchev–Trinajstić information content (AvgIpc) is 2.62. The molecule has 0 aromatic heterocycles. The SMILES string of the molecule is CN1CCN(C(=O)C2CCCN(C(=O)c3ccc(Cl)cc3)C2)CC1. The maximum absolute atomic E-state index is 12.8. The predicted molar refractivity (Wildman–Crippen MR) is 94.2 cm³/mol. The predicted octanol–water partition coefficient (Wildman–Crippen LogP) is 1.97. The molecule has 0 bridgehead atoms. The van der Waals surface area contributed by atoms with Crippen molar-refractivity contribution in [3.05, 3.63) is 34.9 Å². The number of hydrogen-bond donors (Lipinski definition) is 0. The summed E-state index contributed by atoms with van der Waals surface area (Å²) in [5.74, 6) is 0.123. The first kappa shape index (κ1) is 17.2. The first-order valence-corrected chi connectivity index (χ1v) is 8.94. The summed E-state index contributed by atoms with van der Waals surface area (Å²) in [6.07, 6.45) is 1.75. The fraction of sp³-hybridized carbons (Fsp3) is 0.556. The molecule has 1 unspecified atom stereocenters. The number of carbonyl (C=O) groups is 2. The molecule has 24 heavy (non-hydrogen) atoms. The van der Waals surface area contributed by atoms with E-state index in [-0.39, 0.29) is 17.7 Å². The fourth-order valence-corrected chi connectivity index (χ4v) is 3.55. The normalized spacial score (nSPS) is 22.5. The molecule has 2 amide bonds. The Bertz CT molecular complexity index is 597. The number of piperidine rings is 1. The quantitative estimate of drug-likeness (QED) is 0.820. The van der Waals surface area contributed by atoms with Crippen molar-refractivity contribution in [3.63, 3.8) is 0 Å². The second-order valence-electron chi connectivity index (χ2n) is 6.73. The monoisotopic (exact) mass is 349 g/mol. The van der Waals surface area contributed by atoms with Gasteiger partial charge in [0, 0.05) is 49.9 Å². The zero-order chi connectivity index (χ0) is 17.1. The summed E-state index contributed by atoms with van der Waals surface area (Å²) in [4.78, 5) is 31.4. The molecule has 2 aliphatic rings. The van der Waals surface area contributed by atoms with E-state index in [0.717, 1.165) is 39.0 Å². The van der Waals surface area contributed by atoms with Crippen molar-refractivity contribution >= 4 is 23.4 Å². The Kier molecular flexibility index (Phi) is 5.41. The van der Waals surface area contributed by atoms with Gasteiger partial charge in [-0.3, -0.25) is 9.59 Å². The zero-order valence-electron chi connectivity index (χ0n) is 14.1. The molecule has 1 aromatic rings. The third-order valence-corrected chi connectivity index (χ3v) is 5.22. The summed E-state index contributed by atoms with van der Waals surface area (Å²) >= 11 is 5.88. The minimum atomic E-state index is -0.0709. The molecule has 2 saturated heterocycles. The number of likely N-dealkylation sites (tertiary alicyclic amines) is 1. The van der Waals surface area contributed by atoms with E-state index in [1.807, 2.05) is 9.80 Å². The number of amides is 2. The summed E-state index contributed by atoms with van der Waals surface area (Å²) in [5, 5.41) is 0.619. The van der Waals surface area contributed by atoms with Crippen LogP contribution in [0.15, 0.2) is 24.3 Å². The lowest BCUT2D eigenvalue weighted by molar-refractivity contribution is -0.138. The van der Waals surface area contributed by atoms with Crippen LogP contribution in [0.5, 0.6) is 0 Å². The van der Waals surface area contributed by atoms with Crippen molar-refractivity contribution in [3.8, 4) is 0 Å². The molecule has 1 aromatic carbocycles. The van der Waals surface area contributed by atoms with Gasteiger partial charge in [-0.1, -0.05) is 11.6 Å². The molecule has 6 heteroatoms. The van der Waals surface area contributed by atoms with Crippen LogP contribution in [0.1, 0.15) is 23.2 Å². The molecule has 2 aliphatic heterocycles. The third kappa shape index (κ3) is 3.90. The van der Waals surface area contributed by atoms with Crippen LogP contribution in [0, 0.1) is 5.92 Å². The van der Waals surface area contributed by atoms with Crippen LogP contribution < -0.4 is 0 Å². The molecule has 0 spiro atoms. The Balaban J connectivity index is 1.62. The first-order chi connectivity index (χ1) is 11.5. The van der Waals surface area contributed by atoms with Crippen molar-refractivity contribution < 1.29 is 9.59 Å². The Morgan fingerprint density at radius 3 is 2.33 bits per heavy atom. The molecule has 3 rings (SSSR count). The van der Waals surface area contributed by atoms with Crippen LogP contribution in [0.25, 0.3) is 0 Å².